The molecule has 1 fully saturated rings. The fraction of sp³-hybridized carbons (Fsp3) is 1.00. The summed E-state index contributed by atoms with van der Waals surface area (Å²) in [4.78, 5) is 0. The Morgan fingerprint density at radius 3 is 2.31 bits per heavy atom. The maximum absolute atomic E-state index is 5.94. The van der Waals surface area contributed by atoms with Gasteiger partial charge in [0.1, 0.15) is 0 Å². The third-order valence-corrected chi connectivity index (χ3v) is 4.77. The lowest BCUT2D eigenvalue weighted by atomic mass is 9.64. The Kier molecular flexibility index (Phi) is 5.30. The Labute approximate surface area is 102 Å². The van der Waals surface area contributed by atoms with Gasteiger partial charge in [-0.05, 0) is 55.4 Å². The van der Waals surface area contributed by atoms with Crippen LogP contribution in [0.3, 0.4) is 0 Å². The lowest BCUT2D eigenvalue weighted by Gasteiger charge is -2.41. The highest BCUT2D eigenvalue weighted by Gasteiger charge is 2.34. The summed E-state index contributed by atoms with van der Waals surface area (Å²) in [5, 5.41) is 0. The Bertz CT molecular complexity index is 194. The lowest BCUT2D eigenvalue weighted by Crippen LogP contribution is -2.35. The van der Waals surface area contributed by atoms with Gasteiger partial charge in [0.2, 0.25) is 0 Å². The predicted octanol–water partition coefficient (Wildman–Crippen LogP) is 4.21. The quantitative estimate of drug-likeness (QED) is 0.745. The monoisotopic (exact) mass is 225 g/mol. The molecule has 1 nitrogen and oxygen atoms in total. The molecule has 1 rings (SSSR count). The molecular weight excluding hydrogens is 194 g/mol. The highest BCUT2D eigenvalue weighted by atomic mass is 14.6. The summed E-state index contributed by atoms with van der Waals surface area (Å²) in [5.74, 6) is 2.61. The van der Waals surface area contributed by atoms with Crippen molar-refractivity contribution in [3.8, 4) is 0 Å². The normalized spacial score (nSPS) is 29.6. The van der Waals surface area contributed by atoms with Crippen molar-refractivity contribution < 1.29 is 0 Å². The van der Waals surface area contributed by atoms with Crippen LogP contribution < -0.4 is 5.73 Å². The number of rotatable bonds is 5. The second kappa shape index (κ2) is 6.05. The summed E-state index contributed by atoms with van der Waals surface area (Å²) in [6, 6.07) is 0. The largest absolute Gasteiger partial charge is 0.330 e. The van der Waals surface area contributed by atoms with Gasteiger partial charge >= 0.3 is 0 Å². The van der Waals surface area contributed by atoms with Crippen LogP contribution in [-0.2, 0) is 0 Å². The first-order valence-electron chi connectivity index (χ1n) is 7.22. The molecule has 0 spiro atoms. The smallest absolute Gasteiger partial charge is 0.00462 e. The first-order valence-corrected chi connectivity index (χ1v) is 7.22. The highest BCUT2D eigenvalue weighted by molar-refractivity contribution is 4.86. The van der Waals surface area contributed by atoms with Crippen molar-refractivity contribution in [1.29, 1.82) is 0 Å². The summed E-state index contributed by atoms with van der Waals surface area (Å²) in [7, 11) is 0. The van der Waals surface area contributed by atoms with Crippen LogP contribution in [-0.4, -0.2) is 6.54 Å². The van der Waals surface area contributed by atoms with E-state index in [4.69, 9.17) is 5.73 Å². The van der Waals surface area contributed by atoms with E-state index in [-0.39, 0.29) is 0 Å². The first-order chi connectivity index (χ1) is 7.52. The molecule has 1 saturated carbocycles. The summed E-state index contributed by atoms with van der Waals surface area (Å²) >= 11 is 0. The van der Waals surface area contributed by atoms with Gasteiger partial charge in [0.15, 0.2) is 0 Å². The highest BCUT2D eigenvalue weighted by Crippen LogP contribution is 2.44. The van der Waals surface area contributed by atoms with Gasteiger partial charge in [-0.15, -0.1) is 0 Å². The second-order valence-corrected chi connectivity index (χ2v) is 6.58. The van der Waals surface area contributed by atoms with Crippen molar-refractivity contribution in [1.82, 2.24) is 0 Å². The predicted molar refractivity (Wildman–Crippen MR) is 72.4 cm³/mol. The van der Waals surface area contributed by atoms with Crippen LogP contribution in [0.2, 0.25) is 0 Å². The Balaban J connectivity index is 2.58. The fourth-order valence-electron chi connectivity index (χ4n) is 3.43. The van der Waals surface area contributed by atoms with E-state index in [2.05, 4.69) is 27.7 Å². The molecule has 0 amide bonds. The molecule has 0 saturated heterocycles. The van der Waals surface area contributed by atoms with Crippen LogP contribution >= 0.6 is 0 Å². The molecular formula is C15H31N. The van der Waals surface area contributed by atoms with E-state index in [0.29, 0.717) is 5.41 Å². The third-order valence-electron chi connectivity index (χ3n) is 4.77. The van der Waals surface area contributed by atoms with Gasteiger partial charge in [-0.3, -0.25) is 0 Å². The molecule has 0 bridgehead atoms. The minimum absolute atomic E-state index is 0.558. The molecule has 2 N–H and O–H groups in total. The third kappa shape index (κ3) is 3.76. The van der Waals surface area contributed by atoms with Crippen molar-refractivity contribution in [2.45, 2.75) is 66.2 Å². The molecule has 0 radical (unpaired) electrons. The molecule has 1 aliphatic carbocycles. The molecule has 0 aliphatic heterocycles. The summed E-state index contributed by atoms with van der Waals surface area (Å²) in [6.07, 6.45) is 8.21. The van der Waals surface area contributed by atoms with Crippen LogP contribution in [0.4, 0.5) is 0 Å². The van der Waals surface area contributed by atoms with Crippen LogP contribution in [0.1, 0.15) is 66.2 Å². The molecule has 16 heavy (non-hydrogen) atoms. The van der Waals surface area contributed by atoms with Gasteiger partial charge in [0.25, 0.3) is 0 Å². The topological polar surface area (TPSA) is 26.0 Å². The van der Waals surface area contributed by atoms with E-state index in [1.54, 1.807) is 0 Å². The number of hydrogen-bond donors (Lipinski definition) is 1. The fourth-order valence-corrected chi connectivity index (χ4v) is 3.43. The van der Waals surface area contributed by atoms with Crippen LogP contribution in [0.5, 0.6) is 0 Å². The van der Waals surface area contributed by atoms with E-state index in [1.807, 2.05) is 0 Å². The zero-order valence-corrected chi connectivity index (χ0v) is 11.8. The van der Waals surface area contributed by atoms with E-state index in [9.17, 15) is 0 Å². The van der Waals surface area contributed by atoms with Crippen LogP contribution in [0.25, 0.3) is 0 Å². The molecule has 0 aromatic rings. The zero-order chi connectivity index (χ0) is 12.2. The number of nitrogens with two attached hydrogens (primary N) is 1. The Morgan fingerprint density at radius 1 is 1.19 bits per heavy atom. The summed E-state index contributed by atoms with van der Waals surface area (Å²) in [6.45, 7) is 10.4. The van der Waals surface area contributed by atoms with E-state index in [0.717, 1.165) is 24.3 Å². The maximum Gasteiger partial charge on any atom is -0.00462 e. The Hall–Kier alpha value is -0.0400. The average molecular weight is 225 g/mol. The molecule has 2 atom stereocenters. The minimum atomic E-state index is 0.558. The average Bonchev–Trinajstić information content (AvgIpc) is 2.25. The number of hydrogen-bond acceptors (Lipinski definition) is 1. The minimum Gasteiger partial charge on any atom is -0.330 e. The van der Waals surface area contributed by atoms with Gasteiger partial charge in [0, 0.05) is 0 Å². The Morgan fingerprint density at radius 2 is 1.81 bits per heavy atom. The van der Waals surface area contributed by atoms with Crippen LogP contribution in [0, 0.1) is 23.2 Å². The van der Waals surface area contributed by atoms with E-state index >= 15 is 0 Å². The molecule has 0 aromatic carbocycles. The standard InChI is InChI=1S/C15H31N/c1-5-12(6-2)9-14-10-15(3,4)8-7-13(14)11-16/h12-14H,5-11,16H2,1-4H3. The van der Waals surface area contributed by atoms with Crippen molar-refractivity contribution in [3.05, 3.63) is 0 Å². The molecule has 2 unspecified atom stereocenters. The molecule has 0 heterocycles. The first kappa shape index (κ1) is 14.0. The molecule has 96 valence electrons. The summed E-state index contributed by atoms with van der Waals surface area (Å²) < 4.78 is 0. The van der Waals surface area contributed by atoms with Gasteiger partial charge in [0.05, 0.1) is 0 Å². The molecule has 0 aromatic heterocycles. The lowest BCUT2D eigenvalue weighted by molar-refractivity contribution is 0.100. The van der Waals surface area contributed by atoms with Gasteiger partial charge in [-0.25, -0.2) is 0 Å². The van der Waals surface area contributed by atoms with Crippen LogP contribution in [0.15, 0.2) is 0 Å². The second-order valence-electron chi connectivity index (χ2n) is 6.58. The summed E-state index contributed by atoms with van der Waals surface area (Å²) in [5.41, 5.74) is 6.50. The molecule has 1 heteroatoms. The van der Waals surface area contributed by atoms with Gasteiger partial charge in [-0.1, -0.05) is 40.5 Å². The van der Waals surface area contributed by atoms with Crippen molar-refractivity contribution in [3.63, 3.8) is 0 Å². The van der Waals surface area contributed by atoms with Gasteiger partial charge in [-0.2, -0.15) is 0 Å². The van der Waals surface area contributed by atoms with Gasteiger partial charge < -0.3 is 5.73 Å². The van der Waals surface area contributed by atoms with E-state index in [1.165, 1.54) is 38.5 Å². The van der Waals surface area contributed by atoms with Crippen molar-refractivity contribution in [2.75, 3.05) is 6.54 Å². The van der Waals surface area contributed by atoms with E-state index < -0.39 is 0 Å². The van der Waals surface area contributed by atoms with Crippen molar-refractivity contribution in [2.24, 2.45) is 28.9 Å². The van der Waals surface area contributed by atoms with Crippen molar-refractivity contribution >= 4 is 0 Å². The molecule has 1 aliphatic rings. The maximum atomic E-state index is 5.94. The SMILES string of the molecule is CCC(CC)CC1CC(C)(C)CCC1CN. The zero-order valence-electron chi connectivity index (χ0n) is 11.8.